The zero-order valence-electron chi connectivity index (χ0n) is 20.5. The minimum Gasteiger partial charge on any atom is -0.346 e. The third-order valence-electron chi connectivity index (χ3n) is 8.29. The normalized spacial score (nSPS) is 23.8. The van der Waals surface area contributed by atoms with Gasteiger partial charge in [0.1, 0.15) is 17.8 Å². The molecule has 5 heteroatoms. The molecule has 3 heterocycles. The lowest BCUT2D eigenvalue weighted by Crippen LogP contribution is -2.74. The van der Waals surface area contributed by atoms with E-state index >= 15 is 0 Å². The van der Waals surface area contributed by atoms with E-state index in [2.05, 4.69) is 105 Å². The van der Waals surface area contributed by atoms with E-state index in [1.54, 1.807) is 0 Å². The van der Waals surface area contributed by atoms with Gasteiger partial charge in [-0.05, 0) is 63.3 Å². The third-order valence-corrected chi connectivity index (χ3v) is 8.29. The summed E-state index contributed by atoms with van der Waals surface area (Å²) in [5, 5.41) is 9.62. The average molecular weight is 427 g/mol. The van der Waals surface area contributed by atoms with E-state index < -0.39 is 0 Å². The van der Waals surface area contributed by atoms with Gasteiger partial charge in [-0.1, -0.05) is 46.2 Å². The van der Waals surface area contributed by atoms with Gasteiger partial charge in [0.15, 0.2) is 0 Å². The summed E-state index contributed by atoms with van der Waals surface area (Å²) in [6.07, 6.45) is 12.1. The van der Waals surface area contributed by atoms with Gasteiger partial charge in [-0.25, -0.2) is 4.57 Å². The Morgan fingerprint density at radius 1 is 1.06 bits per heavy atom. The molecule has 1 aromatic heterocycles. The molecule has 0 amide bonds. The predicted molar refractivity (Wildman–Crippen MR) is 134 cm³/mol. The maximum atomic E-state index is 9.66. The summed E-state index contributed by atoms with van der Waals surface area (Å²) >= 11 is 0. The Balaban J connectivity index is 1.89. The van der Waals surface area contributed by atoms with Gasteiger partial charge in [0.25, 0.3) is 5.82 Å². The van der Waals surface area contributed by atoms with E-state index in [-0.39, 0.29) is 17.8 Å². The smallest absolute Gasteiger partial charge is 0.346 e. The first-order valence-electron chi connectivity index (χ1n) is 12.2. The topological polar surface area (TPSA) is 34.1 Å². The molecule has 0 saturated heterocycles. The van der Waals surface area contributed by atoms with Crippen molar-refractivity contribution < 1.29 is 4.57 Å². The lowest BCUT2D eigenvalue weighted by molar-refractivity contribution is -0.759. The molecule has 4 nitrogen and oxygen atoms in total. The van der Waals surface area contributed by atoms with Gasteiger partial charge in [-0.3, -0.25) is 4.81 Å². The molecule has 2 aromatic rings. The Morgan fingerprint density at radius 3 is 2.47 bits per heavy atom. The van der Waals surface area contributed by atoms with E-state index in [0.717, 1.165) is 30.4 Å². The van der Waals surface area contributed by atoms with Crippen LogP contribution in [-0.4, -0.2) is 6.98 Å². The molecule has 0 N–H and O–H groups in total. The second-order valence-corrected chi connectivity index (χ2v) is 9.88. The van der Waals surface area contributed by atoms with E-state index in [0.29, 0.717) is 0 Å². The molecule has 2 unspecified atom stereocenters. The minimum absolute atomic E-state index is 0.0388. The number of aromatic nitrogens is 1. The maximum Gasteiger partial charge on any atom is 0.516 e. The molecule has 0 saturated carbocycles. The first-order valence-corrected chi connectivity index (χ1v) is 12.2. The second kappa shape index (κ2) is 8.32. The lowest BCUT2D eigenvalue weighted by Gasteiger charge is -2.51. The Morgan fingerprint density at radius 2 is 1.81 bits per heavy atom. The Labute approximate surface area is 194 Å². The monoisotopic (exact) mass is 427 g/mol. The van der Waals surface area contributed by atoms with E-state index in [1.165, 1.54) is 29.9 Å². The predicted octanol–water partition coefficient (Wildman–Crippen LogP) is 6.09. The molecule has 166 valence electrons. The average Bonchev–Trinajstić information content (AvgIpc) is 3.26. The van der Waals surface area contributed by atoms with E-state index in [1.807, 2.05) is 6.07 Å². The van der Waals surface area contributed by atoms with Crippen LogP contribution in [-0.2, 0) is 12.0 Å². The summed E-state index contributed by atoms with van der Waals surface area (Å²) in [5.41, 5.74) is 4.43. The summed E-state index contributed by atoms with van der Waals surface area (Å²) in [6, 6.07) is 13.5. The Kier molecular flexibility index (Phi) is 5.84. The molecular weight excluding hydrogens is 391 g/mol. The number of hydrogen-bond acceptors (Lipinski definition) is 3. The van der Waals surface area contributed by atoms with Gasteiger partial charge >= 0.3 is 6.98 Å². The molecule has 2 atom stereocenters. The van der Waals surface area contributed by atoms with Crippen LogP contribution in [0.25, 0.3) is 0 Å². The number of fused-ring (bicyclic) bond motifs is 3. The quantitative estimate of drug-likeness (QED) is 0.413. The fourth-order valence-corrected chi connectivity index (χ4v) is 5.90. The van der Waals surface area contributed by atoms with Crippen LogP contribution in [0.3, 0.4) is 0 Å². The maximum absolute atomic E-state index is 9.66. The molecule has 4 rings (SSSR count). The molecule has 0 radical (unpaired) electrons. The Bertz CT molecular complexity index is 1090. The van der Waals surface area contributed by atoms with Crippen LogP contribution in [0.2, 0.25) is 5.31 Å². The fraction of sp³-hybridized carbons (Fsp3) is 0.481. The van der Waals surface area contributed by atoms with Crippen molar-refractivity contribution in [3.63, 3.8) is 0 Å². The largest absolute Gasteiger partial charge is 0.516 e. The summed E-state index contributed by atoms with van der Waals surface area (Å²) in [6.45, 7) is 14.0. The number of anilines is 2. The summed E-state index contributed by atoms with van der Waals surface area (Å²) in [4.78, 5) is 4.92. The molecule has 0 bridgehead atoms. The first kappa shape index (κ1) is 22.5. The van der Waals surface area contributed by atoms with Gasteiger partial charge < -0.3 is 4.81 Å². The highest BCUT2D eigenvalue weighted by Gasteiger charge is 2.68. The highest BCUT2D eigenvalue weighted by Crippen LogP contribution is 2.56. The van der Waals surface area contributed by atoms with Crippen LogP contribution < -0.4 is 14.2 Å². The highest BCUT2D eigenvalue weighted by molar-refractivity contribution is 6.72. The summed E-state index contributed by atoms with van der Waals surface area (Å²) in [5.74, 6) is 1.20. The third kappa shape index (κ3) is 3.15. The van der Waals surface area contributed by atoms with Crippen molar-refractivity contribution in [3.8, 4) is 6.07 Å². The molecular formula is C27H36BN4+. The number of rotatable bonds is 6. The molecule has 2 aliphatic rings. The van der Waals surface area contributed by atoms with Crippen LogP contribution in [0.4, 0.5) is 11.5 Å². The molecule has 0 spiro atoms. The minimum atomic E-state index is -0.125. The summed E-state index contributed by atoms with van der Waals surface area (Å²) in [7, 11) is 0. The van der Waals surface area contributed by atoms with Crippen molar-refractivity contribution in [2.75, 3.05) is 9.62 Å². The van der Waals surface area contributed by atoms with Crippen molar-refractivity contribution in [3.05, 3.63) is 65.6 Å². The number of hydrogen-bond donors (Lipinski definition) is 0. The number of unbranched alkanes of at least 4 members (excludes halogenated alkanes) is 1. The molecule has 1 aromatic carbocycles. The highest BCUT2D eigenvalue weighted by atomic mass is 15.4. The number of pyridine rings is 1. The van der Waals surface area contributed by atoms with E-state index in [4.69, 9.17) is 0 Å². The fourth-order valence-electron chi connectivity index (χ4n) is 5.90. The van der Waals surface area contributed by atoms with Crippen LogP contribution in [0, 0.1) is 18.3 Å². The van der Waals surface area contributed by atoms with Crippen LogP contribution >= 0.6 is 0 Å². The summed E-state index contributed by atoms with van der Waals surface area (Å²) < 4.78 is 2.40. The van der Waals surface area contributed by atoms with Crippen molar-refractivity contribution in [1.29, 1.82) is 5.26 Å². The number of benzene rings is 1. The van der Waals surface area contributed by atoms with Gasteiger partial charge in [-0.15, -0.1) is 0 Å². The lowest BCUT2D eigenvalue weighted by atomic mass is 9.39. The van der Waals surface area contributed by atoms with Crippen molar-refractivity contribution >= 4 is 18.5 Å². The van der Waals surface area contributed by atoms with E-state index in [9.17, 15) is 5.26 Å². The van der Waals surface area contributed by atoms with Gasteiger partial charge in [-0.2, -0.15) is 5.26 Å². The number of aryl methyl sites for hydroxylation is 2. The van der Waals surface area contributed by atoms with Crippen LogP contribution in [0.15, 0.2) is 48.9 Å². The van der Waals surface area contributed by atoms with Crippen molar-refractivity contribution in [2.24, 2.45) is 0 Å². The van der Waals surface area contributed by atoms with Crippen LogP contribution in [0.1, 0.15) is 77.0 Å². The molecule has 2 aliphatic heterocycles. The number of nitriles is 1. The van der Waals surface area contributed by atoms with Crippen LogP contribution in [0.5, 0.6) is 0 Å². The first-order chi connectivity index (χ1) is 15.3. The van der Waals surface area contributed by atoms with Gasteiger partial charge in [0.05, 0.1) is 17.1 Å². The Hall–Kier alpha value is -2.74. The van der Waals surface area contributed by atoms with Crippen molar-refractivity contribution in [2.45, 2.75) is 84.5 Å². The molecule has 0 aliphatic carbocycles. The zero-order valence-corrected chi connectivity index (χ0v) is 20.5. The van der Waals surface area contributed by atoms with Crippen molar-refractivity contribution in [1.82, 2.24) is 0 Å². The molecule has 0 fully saturated rings. The molecule has 32 heavy (non-hydrogen) atoms. The zero-order chi connectivity index (χ0) is 23.1. The van der Waals surface area contributed by atoms with Gasteiger partial charge in [0.2, 0.25) is 0 Å². The van der Waals surface area contributed by atoms with Gasteiger partial charge in [0, 0.05) is 17.5 Å². The second-order valence-electron chi connectivity index (χ2n) is 9.88. The standard InChI is InChI=1S/C27H36BN4/c1-7-10-12-22-13-11-14-24(18-22)31-15-16-32-25-21(4)17-23(19-29)20-30(25)27(6,9-3)26(5,8-2)28(31)32/h11,13-18,20H,7-10,12H2,1-6H3/q+1. The number of nitrogens with zero attached hydrogens (tertiary/aromatic N) is 4. The SMILES string of the molecule is CCCCc1cccc(N2C=CN3B2C(C)(CC)C(C)(CC)[n+]2cc(C#N)cc(C)c23)c1.